The van der Waals surface area contributed by atoms with Crippen molar-refractivity contribution in [2.75, 3.05) is 47.4 Å². The summed E-state index contributed by atoms with van der Waals surface area (Å²) in [6.07, 6.45) is 0. The number of nitrogens with two attached hydrogens (primary N) is 2. The second-order valence-corrected chi connectivity index (χ2v) is 7.14. The fourth-order valence-electron chi connectivity index (χ4n) is 4.07. The van der Waals surface area contributed by atoms with Crippen molar-refractivity contribution in [1.29, 1.82) is 0 Å². The van der Waals surface area contributed by atoms with Gasteiger partial charge in [-0.05, 0) is 12.1 Å². The number of hydrogen-bond donors (Lipinski definition) is 2. The Bertz CT molecular complexity index is 1080. The van der Waals surface area contributed by atoms with Gasteiger partial charge in [0.25, 0.3) is 0 Å². The average Bonchev–Trinajstić information content (AvgIpc) is 2.72. The van der Waals surface area contributed by atoms with E-state index in [0.717, 1.165) is 59.4 Å². The number of hydrogen-bond acceptors (Lipinski definition) is 6. The first-order chi connectivity index (χ1) is 13.7. The second kappa shape index (κ2) is 8.81. The van der Waals surface area contributed by atoms with Crippen LogP contribution < -0.4 is 21.3 Å². The smallest absolute Gasteiger partial charge is 0.126 e. The largest absolute Gasteiger partial charge is 0.384 e. The van der Waals surface area contributed by atoms with E-state index in [4.69, 9.17) is 11.5 Å². The molecule has 6 nitrogen and oxygen atoms in total. The quantitative estimate of drug-likeness (QED) is 0.485. The molecular weight excluding hydrogens is 419 g/mol. The van der Waals surface area contributed by atoms with Crippen molar-refractivity contribution >= 4 is 69.6 Å². The van der Waals surface area contributed by atoms with Crippen LogP contribution in [0.3, 0.4) is 0 Å². The van der Waals surface area contributed by atoms with Gasteiger partial charge in [0.1, 0.15) is 11.6 Å². The van der Waals surface area contributed by atoms with Crippen LogP contribution in [0.25, 0.3) is 21.8 Å². The highest BCUT2D eigenvalue weighted by molar-refractivity contribution is 5.95. The van der Waals surface area contributed by atoms with Crippen molar-refractivity contribution in [2.24, 2.45) is 0 Å². The molecule has 0 spiro atoms. The minimum atomic E-state index is 0. The van der Waals surface area contributed by atoms with Gasteiger partial charge in [-0.3, -0.25) is 0 Å². The number of benzene rings is 2. The molecular formula is C22H24Cl2N6. The van der Waals surface area contributed by atoms with Gasteiger partial charge in [-0.15, -0.1) is 24.8 Å². The summed E-state index contributed by atoms with van der Waals surface area (Å²) in [5.74, 6) is 1.12. The van der Waals surface area contributed by atoms with Gasteiger partial charge in [0.05, 0.1) is 11.0 Å². The van der Waals surface area contributed by atoms with Crippen molar-refractivity contribution in [3.05, 3.63) is 60.7 Å². The van der Waals surface area contributed by atoms with Crippen LogP contribution in [0.15, 0.2) is 60.7 Å². The number of halogens is 2. The number of fused-ring (bicyclic) bond motifs is 2. The lowest BCUT2D eigenvalue weighted by Crippen LogP contribution is -2.46. The van der Waals surface area contributed by atoms with Crippen LogP contribution in [0.1, 0.15) is 0 Å². The molecule has 0 radical (unpaired) electrons. The van der Waals surface area contributed by atoms with E-state index in [1.807, 2.05) is 48.5 Å². The molecule has 4 aromatic rings. The molecule has 1 aliphatic rings. The molecule has 156 valence electrons. The molecule has 3 heterocycles. The fraction of sp³-hybridized carbons (Fsp3) is 0.182. The first kappa shape index (κ1) is 21.7. The van der Waals surface area contributed by atoms with Crippen LogP contribution in [0.5, 0.6) is 0 Å². The summed E-state index contributed by atoms with van der Waals surface area (Å²) >= 11 is 0. The fourth-order valence-corrected chi connectivity index (χ4v) is 4.07. The third-order valence-corrected chi connectivity index (χ3v) is 5.39. The van der Waals surface area contributed by atoms with Gasteiger partial charge < -0.3 is 21.3 Å². The number of piperazine rings is 1. The molecule has 0 aliphatic carbocycles. The summed E-state index contributed by atoms with van der Waals surface area (Å²) in [6.45, 7) is 3.63. The zero-order valence-corrected chi connectivity index (χ0v) is 18.0. The molecule has 2 aromatic carbocycles. The third-order valence-electron chi connectivity index (χ3n) is 5.39. The minimum Gasteiger partial charge on any atom is -0.384 e. The van der Waals surface area contributed by atoms with Crippen molar-refractivity contribution in [3.63, 3.8) is 0 Å². The van der Waals surface area contributed by atoms with Gasteiger partial charge in [-0.1, -0.05) is 36.4 Å². The Labute approximate surface area is 187 Å². The lowest BCUT2D eigenvalue weighted by atomic mass is 10.1. The Kier molecular flexibility index (Phi) is 6.39. The van der Waals surface area contributed by atoms with Crippen LogP contribution in [0.2, 0.25) is 0 Å². The van der Waals surface area contributed by atoms with Gasteiger partial charge in [0, 0.05) is 60.5 Å². The van der Waals surface area contributed by atoms with Gasteiger partial charge in [0.15, 0.2) is 0 Å². The highest BCUT2D eigenvalue weighted by Gasteiger charge is 2.21. The summed E-state index contributed by atoms with van der Waals surface area (Å²) in [5, 5.41) is 2.28. The molecule has 8 heteroatoms. The Balaban J connectivity index is 0.00000128. The Morgan fingerprint density at radius 1 is 0.600 bits per heavy atom. The summed E-state index contributed by atoms with van der Waals surface area (Å²) < 4.78 is 0. The molecule has 1 fully saturated rings. The number of anilines is 4. The van der Waals surface area contributed by atoms with Crippen molar-refractivity contribution < 1.29 is 0 Å². The molecule has 4 N–H and O–H groups in total. The molecule has 5 rings (SSSR count). The van der Waals surface area contributed by atoms with E-state index in [1.165, 1.54) is 0 Å². The maximum Gasteiger partial charge on any atom is 0.126 e. The normalized spacial score (nSPS) is 13.7. The molecule has 0 saturated carbocycles. The summed E-state index contributed by atoms with van der Waals surface area (Å²) in [7, 11) is 0. The van der Waals surface area contributed by atoms with Crippen LogP contribution in [0.4, 0.5) is 23.0 Å². The van der Waals surface area contributed by atoms with Crippen LogP contribution in [-0.4, -0.2) is 36.1 Å². The van der Waals surface area contributed by atoms with Gasteiger partial charge >= 0.3 is 0 Å². The average molecular weight is 443 g/mol. The summed E-state index contributed by atoms with van der Waals surface area (Å²) in [4.78, 5) is 13.7. The molecule has 0 amide bonds. The molecule has 2 aromatic heterocycles. The van der Waals surface area contributed by atoms with Gasteiger partial charge in [-0.25, -0.2) is 9.97 Å². The lowest BCUT2D eigenvalue weighted by molar-refractivity contribution is 0.656. The van der Waals surface area contributed by atoms with E-state index in [9.17, 15) is 0 Å². The van der Waals surface area contributed by atoms with Crippen LogP contribution in [0, 0.1) is 0 Å². The first-order valence-electron chi connectivity index (χ1n) is 9.49. The third kappa shape index (κ3) is 3.88. The van der Waals surface area contributed by atoms with E-state index in [-0.39, 0.29) is 24.8 Å². The van der Waals surface area contributed by atoms with Crippen LogP contribution >= 0.6 is 24.8 Å². The van der Waals surface area contributed by atoms with E-state index in [2.05, 4.69) is 31.9 Å². The first-order valence-corrected chi connectivity index (χ1v) is 9.49. The SMILES string of the molecule is Cl.Cl.Nc1cc(N2CCN(c3cc(N)nc4ccccc34)CC2)c2ccccc2n1. The predicted octanol–water partition coefficient (Wildman–Crippen LogP) is 4.12. The summed E-state index contributed by atoms with van der Waals surface area (Å²) in [5.41, 5.74) is 16.3. The number of para-hydroxylation sites is 2. The highest BCUT2D eigenvalue weighted by Crippen LogP contribution is 2.32. The van der Waals surface area contributed by atoms with E-state index in [1.54, 1.807) is 0 Å². The zero-order valence-electron chi connectivity index (χ0n) is 16.4. The van der Waals surface area contributed by atoms with Crippen molar-refractivity contribution in [1.82, 2.24) is 9.97 Å². The Morgan fingerprint density at radius 3 is 1.37 bits per heavy atom. The lowest BCUT2D eigenvalue weighted by Gasteiger charge is -2.38. The predicted molar refractivity (Wildman–Crippen MR) is 131 cm³/mol. The standard InChI is InChI=1S/C22H22N6.2ClH/c23-21-13-19(15-5-1-3-7-17(15)25-21)27-9-11-28(12-10-27)20-14-22(24)26-18-8-4-2-6-16(18)20;;/h1-8,13-14H,9-12H2,(H2,23,25)(H2,24,26);2*1H. The molecule has 1 aliphatic heterocycles. The number of nitrogen functional groups attached to an aromatic ring is 2. The second-order valence-electron chi connectivity index (χ2n) is 7.14. The van der Waals surface area contributed by atoms with Crippen molar-refractivity contribution in [3.8, 4) is 0 Å². The minimum absolute atomic E-state index is 0. The van der Waals surface area contributed by atoms with E-state index >= 15 is 0 Å². The van der Waals surface area contributed by atoms with Crippen molar-refractivity contribution in [2.45, 2.75) is 0 Å². The van der Waals surface area contributed by atoms with E-state index < -0.39 is 0 Å². The summed E-state index contributed by atoms with van der Waals surface area (Å²) in [6, 6.07) is 20.3. The molecule has 0 atom stereocenters. The molecule has 0 bridgehead atoms. The topological polar surface area (TPSA) is 84.3 Å². The van der Waals surface area contributed by atoms with Gasteiger partial charge in [0.2, 0.25) is 0 Å². The van der Waals surface area contributed by atoms with Crippen LogP contribution in [-0.2, 0) is 0 Å². The van der Waals surface area contributed by atoms with Gasteiger partial charge in [-0.2, -0.15) is 0 Å². The zero-order chi connectivity index (χ0) is 19.1. The Hall–Kier alpha value is -2.96. The number of pyridine rings is 2. The number of rotatable bonds is 2. The number of nitrogens with zero attached hydrogens (tertiary/aromatic N) is 4. The highest BCUT2D eigenvalue weighted by atomic mass is 35.5. The molecule has 0 unspecified atom stereocenters. The molecule has 1 saturated heterocycles. The maximum atomic E-state index is 6.06. The maximum absolute atomic E-state index is 6.06. The monoisotopic (exact) mass is 442 g/mol. The number of aromatic nitrogens is 2. The Morgan fingerprint density at radius 2 is 0.967 bits per heavy atom. The molecule has 30 heavy (non-hydrogen) atoms. The van der Waals surface area contributed by atoms with E-state index in [0.29, 0.717) is 11.6 Å².